The van der Waals surface area contributed by atoms with E-state index in [0.29, 0.717) is 61.3 Å². The predicted molar refractivity (Wildman–Crippen MR) is 154 cm³/mol. The third-order valence-electron chi connectivity index (χ3n) is 7.45. The Bertz CT molecular complexity index is 1580. The van der Waals surface area contributed by atoms with Gasteiger partial charge in [-0.15, -0.1) is 0 Å². The monoisotopic (exact) mass is 585 g/mol. The Morgan fingerprint density at radius 2 is 2.00 bits per heavy atom. The second-order valence-electron chi connectivity index (χ2n) is 11.1. The Balaban J connectivity index is 1.27. The van der Waals surface area contributed by atoms with E-state index >= 15 is 0 Å². The molecule has 0 unspecified atom stereocenters. The second kappa shape index (κ2) is 11.7. The van der Waals surface area contributed by atoms with E-state index in [0.717, 1.165) is 12.0 Å². The van der Waals surface area contributed by atoms with E-state index in [-0.39, 0.29) is 34.7 Å². The summed E-state index contributed by atoms with van der Waals surface area (Å²) in [6.07, 6.45) is 3.54. The maximum Gasteiger partial charge on any atom is 0.355 e. The van der Waals surface area contributed by atoms with Crippen molar-refractivity contribution in [2.45, 2.75) is 38.0 Å². The maximum atomic E-state index is 14.1. The summed E-state index contributed by atoms with van der Waals surface area (Å²) in [5.41, 5.74) is 8.63. The average molecular weight is 586 g/mol. The van der Waals surface area contributed by atoms with E-state index in [1.54, 1.807) is 18.2 Å². The predicted octanol–water partition coefficient (Wildman–Crippen LogP) is 3.59. The first-order chi connectivity index (χ1) is 19.5. The van der Waals surface area contributed by atoms with Crippen LogP contribution >= 0.6 is 0 Å². The molecule has 0 spiro atoms. The summed E-state index contributed by atoms with van der Waals surface area (Å²) in [4.78, 5) is 16.1. The molecule has 10 nitrogen and oxygen atoms in total. The molecular formula is C29H36FN5O5S. The van der Waals surface area contributed by atoms with Crippen molar-refractivity contribution in [1.29, 1.82) is 0 Å². The van der Waals surface area contributed by atoms with Gasteiger partial charge in [0.25, 0.3) is 0 Å². The van der Waals surface area contributed by atoms with Crippen molar-refractivity contribution in [3.05, 3.63) is 65.2 Å². The minimum Gasteiger partial charge on any atom is -0.493 e. The Kier molecular flexibility index (Phi) is 8.25. The zero-order valence-corrected chi connectivity index (χ0v) is 24.0. The Morgan fingerprint density at radius 3 is 2.73 bits per heavy atom. The van der Waals surface area contributed by atoms with Gasteiger partial charge in [-0.1, -0.05) is 19.9 Å². The highest BCUT2D eigenvalue weighted by Crippen LogP contribution is 2.32. The van der Waals surface area contributed by atoms with Crippen LogP contribution in [0.15, 0.2) is 47.5 Å². The van der Waals surface area contributed by atoms with Crippen LogP contribution in [0.2, 0.25) is 0 Å². The molecular weight excluding hydrogens is 549 g/mol. The van der Waals surface area contributed by atoms with Crippen LogP contribution in [-0.4, -0.2) is 61.5 Å². The van der Waals surface area contributed by atoms with Crippen LogP contribution < -0.4 is 16.3 Å². The third kappa shape index (κ3) is 6.19. The maximum absolute atomic E-state index is 14.1. The van der Waals surface area contributed by atoms with E-state index in [1.807, 2.05) is 19.9 Å². The minimum atomic E-state index is -3.63. The van der Waals surface area contributed by atoms with Crippen molar-refractivity contribution < 1.29 is 27.1 Å². The number of carbonyl (C=O) groups excluding carboxylic acids is 1. The number of fused-ring (bicyclic) bond motifs is 2. The van der Waals surface area contributed by atoms with Gasteiger partial charge < -0.3 is 25.2 Å². The van der Waals surface area contributed by atoms with Gasteiger partial charge in [-0.05, 0) is 54.5 Å². The summed E-state index contributed by atoms with van der Waals surface area (Å²) < 4.78 is 53.0. The number of piperidine rings is 1. The molecule has 0 saturated carbocycles. The zero-order chi connectivity index (χ0) is 29.3. The molecule has 2 aromatic carbocycles. The van der Waals surface area contributed by atoms with Crippen molar-refractivity contribution in [3.8, 4) is 5.75 Å². The van der Waals surface area contributed by atoms with Crippen LogP contribution in [0.1, 0.15) is 48.3 Å². The molecule has 5 rings (SSSR count). The van der Waals surface area contributed by atoms with Crippen molar-refractivity contribution in [2.75, 3.05) is 32.8 Å². The number of sulfonamides is 1. The lowest BCUT2D eigenvalue weighted by Crippen LogP contribution is -2.42. The first-order valence-electron chi connectivity index (χ1n) is 13.8. The normalized spacial score (nSPS) is 16.7. The van der Waals surface area contributed by atoms with Gasteiger partial charge in [0.2, 0.25) is 10.0 Å². The molecule has 41 heavy (non-hydrogen) atoms. The fraction of sp³-hybridized carbons (Fsp3) is 0.414. The van der Waals surface area contributed by atoms with Crippen LogP contribution in [0.3, 0.4) is 0 Å². The molecule has 1 aromatic heterocycles. The lowest BCUT2D eigenvalue weighted by molar-refractivity contribution is 0.0452. The number of nitrogens with zero attached hydrogens (tertiary/aromatic N) is 2. The van der Waals surface area contributed by atoms with Gasteiger partial charge in [-0.2, -0.15) is 4.31 Å². The number of halogens is 1. The number of esters is 1. The number of aromatic nitrogens is 1. The number of ether oxygens (including phenoxy) is 2. The largest absolute Gasteiger partial charge is 0.493 e. The van der Waals surface area contributed by atoms with Crippen molar-refractivity contribution in [2.24, 2.45) is 23.4 Å². The molecule has 2 aliphatic heterocycles. The lowest BCUT2D eigenvalue weighted by Gasteiger charge is -2.32. The first-order valence-corrected chi connectivity index (χ1v) is 15.2. The van der Waals surface area contributed by atoms with Gasteiger partial charge in [-0.3, -0.25) is 0 Å². The van der Waals surface area contributed by atoms with Gasteiger partial charge in [0.1, 0.15) is 17.3 Å². The molecule has 1 fully saturated rings. The molecule has 5 N–H and O–H groups in total. The summed E-state index contributed by atoms with van der Waals surface area (Å²) in [6.45, 7) is 5.80. The first kappa shape index (κ1) is 28.9. The third-order valence-corrected chi connectivity index (χ3v) is 9.35. The van der Waals surface area contributed by atoms with E-state index in [4.69, 9.17) is 21.1 Å². The summed E-state index contributed by atoms with van der Waals surface area (Å²) in [6, 6.07) is 9.23. The summed E-state index contributed by atoms with van der Waals surface area (Å²) in [5.74, 6) is 6.15. The van der Waals surface area contributed by atoms with Gasteiger partial charge in [0, 0.05) is 54.8 Å². The van der Waals surface area contributed by atoms with E-state index in [2.05, 4.69) is 4.98 Å². The number of nitrogens with two attached hydrogens (primary N) is 2. The highest BCUT2D eigenvalue weighted by Gasteiger charge is 2.31. The zero-order valence-electron chi connectivity index (χ0n) is 23.2. The van der Waals surface area contributed by atoms with E-state index in [1.165, 1.54) is 27.6 Å². The molecule has 1 saturated heterocycles. The van der Waals surface area contributed by atoms with Crippen molar-refractivity contribution >= 4 is 32.6 Å². The second-order valence-corrected chi connectivity index (χ2v) is 13.0. The number of hydrazine groups is 1. The molecule has 0 aliphatic carbocycles. The number of hydrogen-bond donors (Lipinski definition) is 3. The Morgan fingerprint density at radius 1 is 1.24 bits per heavy atom. The summed E-state index contributed by atoms with van der Waals surface area (Å²) >= 11 is 0. The quantitative estimate of drug-likeness (QED) is 0.196. The number of nitrogens with one attached hydrogen (secondary N) is 1. The van der Waals surface area contributed by atoms with Crippen LogP contribution in [0.4, 0.5) is 4.39 Å². The number of hydrogen-bond acceptors (Lipinski definition) is 8. The fourth-order valence-electron chi connectivity index (χ4n) is 5.31. The minimum absolute atomic E-state index is 0.120. The van der Waals surface area contributed by atoms with Gasteiger partial charge in [0.05, 0.1) is 23.8 Å². The number of H-pyrrole nitrogens is 1. The van der Waals surface area contributed by atoms with E-state index in [9.17, 15) is 17.6 Å². The Labute approximate surface area is 239 Å². The summed E-state index contributed by atoms with van der Waals surface area (Å²) in [7, 11) is -3.63. The molecule has 0 bridgehead atoms. The molecule has 220 valence electrons. The molecule has 0 atom stereocenters. The number of aromatic amines is 1. The Hall–Kier alpha value is -3.61. The van der Waals surface area contributed by atoms with Gasteiger partial charge >= 0.3 is 5.97 Å². The fourth-order valence-corrected chi connectivity index (χ4v) is 6.80. The van der Waals surface area contributed by atoms with Crippen LogP contribution in [-0.2, 0) is 21.2 Å². The van der Waals surface area contributed by atoms with Crippen LogP contribution in [0, 0.1) is 17.7 Å². The lowest BCUT2D eigenvalue weighted by atomic mass is 9.98. The van der Waals surface area contributed by atoms with Crippen LogP contribution in [0.5, 0.6) is 5.75 Å². The number of benzene rings is 2. The van der Waals surface area contributed by atoms with Crippen molar-refractivity contribution in [1.82, 2.24) is 14.3 Å². The summed E-state index contributed by atoms with van der Waals surface area (Å²) in [5, 5.41) is 1.88. The molecule has 3 aromatic rings. The molecule has 2 aliphatic rings. The standard InChI is InChI=1S/C29H36FN5O5S/c1-18(2)17-40-29(36)28-27(23-13-21(30)4-6-25(23)33-28)24(31)16-34(32)15-19-7-10-35(11-8-19)41(37,38)22-5-3-20-9-12-39-26(20)14-22/h3-6,13-14,16,18-19,33H,7-12,15,17,31-32H2,1-2H3/b24-16-. The average Bonchev–Trinajstić information content (AvgIpc) is 3.56. The smallest absolute Gasteiger partial charge is 0.355 e. The number of carbonyl (C=O) groups is 1. The topological polar surface area (TPSA) is 144 Å². The SMILES string of the molecule is CC(C)COC(=O)c1[nH]c2ccc(F)cc2c1/C(N)=C/N(N)CC1CCN(S(=O)(=O)c2ccc3c(c2)OCC3)CC1. The highest BCUT2D eigenvalue weighted by atomic mass is 32.2. The molecule has 0 amide bonds. The van der Waals surface area contributed by atoms with Gasteiger partial charge in [-0.25, -0.2) is 23.4 Å². The van der Waals surface area contributed by atoms with Gasteiger partial charge in [0.15, 0.2) is 0 Å². The molecule has 0 radical (unpaired) electrons. The molecule has 12 heteroatoms. The molecule has 3 heterocycles. The van der Waals surface area contributed by atoms with Crippen molar-refractivity contribution in [3.63, 3.8) is 0 Å². The van der Waals surface area contributed by atoms with Crippen LogP contribution in [0.25, 0.3) is 16.6 Å². The van der Waals surface area contributed by atoms with E-state index < -0.39 is 21.8 Å². The number of rotatable bonds is 9. The highest BCUT2D eigenvalue weighted by molar-refractivity contribution is 7.89.